The molecule has 1 amide bonds. The molecule has 0 aliphatic rings. The molecule has 2 aromatic heterocycles. The Bertz CT molecular complexity index is 1300. The minimum atomic E-state index is -3.62. The zero-order valence-electron chi connectivity index (χ0n) is 17.1. The van der Waals surface area contributed by atoms with Crippen molar-refractivity contribution in [2.75, 3.05) is 11.8 Å². The van der Waals surface area contributed by atoms with Gasteiger partial charge in [0.25, 0.3) is 15.9 Å². The molecule has 0 saturated carbocycles. The molecule has 0 bridgehead atoms. The van der Waals surface area contributed by atoms with Crippen molar-refractivity contribution in [3.05, 3.63) is 89.6 Å². The third kappa shape index (κ3) is 4.98. The smallest absolute Gasteiger partial charge is 0.271 e. The second kappa shape index (κ2) is 9.25. The summed E-state index contributed by atoms with van der Waals surface area (Å²) >= 11 is 1.14. The Morgan fingerprint density at radius 3 is 2.47 bits per heavy atom. The van der Waals surface area contributed by atoms with Crippen molar-refractivity contribution in [3.63, 3.8) is 0 Å². The van der Waals surface area contributed by atoms with Gasteiger partial charge in [-0.15, -0.1) is 11.3 Å². The summed E-state index contributed by atoms with van der Waals surface area (Å²) in [7, 11) is -2.01. The lowest BCUT2D eigenvalue weighted by Gasteiger charge is -2.08. The van der Waals surface area contributed by atoms with E-state index < -0.39 is 10.0 Å². The first-order chi connectivity index (χ1) is 15.4. The van der Waals surface area contributed by atoms with Crippen molar-refractivity contribution >= 4 is 33.0 Å². The van der Waals surface area contributed by atoms with E-state index in [1.807, 2.05) is 36.5 Å². The van der Waals surface area contributed by atoms with Gasteiger partial charge in [0.05, 0.1) is 25.0 Å². The molecule has 0 radical (unpaired) electrons. The molecular formula is C22H20N4O4S2. The average molecular weight is 469 g/mol. The highest BCUT2D eigenvalue weighted by Gasteiger charge is 2.15. The molecule has 2 aromatic carbocycles. The Morgan fingerprint density at radius 2 is 1.81 bits per heavy atom. The molecule has 0 aliphatic carbocycles. The van der Waals surface area contributed by atoms with E-state index in [1.165, 1.54) is 6.07 Å². The first kappa shape index (κ1) is 21.6. The van der Waals surface area contributed by atoms with Crippen LogP contribution in [-0.2, 0) is 16.6 Å². The second-order valence-corrected chi connectivity index (χ2v) is 9.60. The number of carbonyl (C=O) groups is 1. The van der Waals surface area contributed by atoms with E-state index in [1.54, 1.807) is 47.5 Å². The quantitative estimate of drug-likeness (QED) is 0.411. The van der Waals surface area contributed by atoms with Crippen LogP contribution >= 0.6 is 11.3 Å². The standard InChI is InChI=1S/C22H20N4O4S2/c1-30-20-10-8-19(9-11-20)26-13-12-18(24-26)15-23-22(27)16-4-6-17(7-5-16)25-32(28,29)21-3-2-14-31-21/h2-14,25H,15H2,1H3,(H,23,27). The van der Waals surface area contributed by atoms with Crippen LogP contribution in [0, 0.1) is 0 Å². The van der Waals surface area contributed by atoms with E-state index in [-0.39, 0.29) is 16.7 Å². The van der Waals surface area contributed by atoms with Gasteiger partial charge in [-0.2, -0.15) is 5.10 Å². The van der Waals surface area contributed by atoms with E-state index in [9.17, 15) is 13.2 Å². The summed E-state index contributed by atoms with van der Waals surface area (Å²) in [6.07, 6.45) is 1.82. The first-order valence-corrected chi connectivity index (χ1v) is 11.9. The van der Waals surface area contributed by atoms with E-state index in [0.29, 0.717) is 16.9 Å². The Balaban J connectivity index is 1.35. The van der Waals surface area contributed by atoms with Gasteiger partial charge in [0, 0.05) is 17.4 Å². The summed E-state index contributed by atoms with van der Waals surface area (Å²) in [4.78, 5) is 12.5. The van der Waals surface area contributed by atoms with Crippen LogP contribution < -0.4 is 14.8 Å². The number of nitrogens with zero attached hydrogens (tertiary/aromatic N) is 2. The molecule has 0 fully saturated rings. The normalized spacial score (nSPS) is 11.2. The summed E-state index contributed by atoms with van der Waals surface area (Å²) < 4.78 is 34.2. The molecular weight excluding hydrogens is 448 g/mol. The number of methoxy groups -OCH3 is 1. The Hall–Kier alpha value is -3.63. The van der Waals surface area contributed by atoms with Crippen LogP contribution in [0.3, 0.4) is 0 Å². The van der Waals surface area contributed by atoms with Crippen LogP contribution in [0.5, 0.6) is 5.75 Å². The molecule has 0 atom stereocenters. The van der Waals surface area contributed by atoms with Crippen molar-refractivity contribution in [2.45, 2.75) is 10.8 Å². The molecule has 4 rings (SSSR count). The van der Waals surface area contributed by atoms with E-state index in [0.717, 1.165) is 22.8 Å². The largest absolute Gasteiger partial charge is 0.497 e. The molecule has 4 aromatic rings. The highest BCUT2D eigenvalue weighted by molar-refractivity contribution is 7.94. The van der Waals surface area contributed by atoms with E-state index in [4.69, 9.17) is 4.74 Å². The predicted octanol–water partition coefficient (Wildman–Crippen LogP) is 3.67. The lowest BCUT2D eigenvalue weighted by atomic mass is 10.2. The van der Waals surface area contributed by atoms with Crippen LogP contribution in [0.15, 0.2) is 82.5 Å². The van der Waals surface area contributed by atoms with Gasteiger partial charge in [-0.3, -0.25) is 9.52 Å². The summed E-state index contributed by atoms with van der Waals surface area (Å²) in [5.74, 6) is 0.482. The van der Waals surface area contributed by atoms with Crippen molar-refractivity contribution in [1.82, 2.24) is 15.1 Å². The third-order valence-electron chi connectivity index (χ3n) is 4.57. The average Bonchev–Trinajstić information content (AvgIpc) is 3.51. The molecule has 0 unspecified atom stereocenters. The second-order valence-electron chi connectivity index (χ2n) is 6.75. The lowest BCUT2D eigenvalue weighted by Crippen LogP contribution is -2.23. The zero-order valence-corrected chi connectivity index (χ0v) is 18.7. The predicted molar refractivity (Wildman–Crippen MR) is 123 cm³/mol. The molecule has 0 aliphatic heterocycles. The fourth-order valence-corrected chi connectivity index (χ4v) is 4.97. The van der Waals surface area contributed by atoms with Gasteiger partial charge in [-0.1, -0.05) is 6.07 Å². The Labute approximate surface area is 189 Å². The molecule has 32 heavy (non-hydrogen) atoms. The van der Waals surface area contributed by atoms with Gasteiger partial charge < -0.3 is 10.1 Å². The fraction of sp³-hybridized carbons (Fsp3) is 0.0909. The molecule has 2 heterocycles. The fourth-order valence-electron chi connectivity index (χ4n) is 2.92. The van der Waals surface area contributed by atoms with E-state index >= 15 is 0 Å². The number of amides is 1. The topological polar surface area (TPSA) is 102 Å². The van der Waals surface area contributed by atoms with Gasteiger partial charge >= 0.3 is 0 Å². The number of ether oxygens (including phenoxy) is 1. The third-order valence-corrected chi connectivity index (χ3v) is 7.35. The number of sulfonamides is 1. The number of benzene rings is 2. The summed E-state index contributed by atoms with van der Waals surface area (Å²) in [6, 6.07) is 18.8. The highest BCUT2D eigenvalue weighted by Crippen LogP contribution is 2.20. The van der Waals surface area contributed by atoms with Crippen LogP contribution in [0.1, 0.15) is 16.1 Å². The molecule has 10 heteroatoms. The maximum absolute atomic E-state index is 12.5. The van der Waals surface area contributed by atoms with Crippen LogP contribution in [0.2, 0.25) is 0 Å². The maximum atomic E-state index is 12.5. The number of anilines is 1. The first-order valence-electron chi connectivity index (χ1n) is 9.58. The molecule has 2 N–H and O–H groups in total. The van der Waals surface area contributed by atoms with Crippen LogP contribution in [0.4, 0.5) is 5.69 Å². The number of thiophene rings is 1. The minimum Gasteiger partial charge on any atom is -0.497 e. The number of hydrogen-bond donors (Lipinski definition) is 2. The van der Waals surface area contributed by atoms with Crippen molar-refractivity contribution in [3.8, 4) is 11.4 Å². The molecule has 8 nitrogen and oxygen atoms in total. The van der Waals surface area contributed by atoms with Crippen molar-refractivity contribution in [2.24, 2.45) is 0 Å². The highest BCUT2D eigenvalue weighted by atomic mass is 32.2. The number of aromatic nitrogens is 2. The number of hydrogen-bond acceptors (Lipinski definition) is 6. The number of nitrogens with one attached hydrogen (secondary N) is 2. The van der Waals surface area contributed by atoms with Gasteiger partial charge in [0.2, 0.25) is 0 Å². The molecule has 0 spiro atoms. The van der Waals surface area contributed by atoms with Crippen LogP contribution in [0.25, 0.3) is 5.69 Å². The minimum absolute atomic E-state index is 0.230. The Morgan fingerprint density at radius 1 is 1.06 bits per heavy atom. The zero-order chi connectivity index (χ0) is 22.6. The number of rotatable bonds is 8. The summed E-state index contributed by atoms with van der Waals surface area (Å²) in [6.45, 7) is 0.259. The van der Waals surface area contributed by atoms with Gasteiger partial charge in [0.15, 0.2) is 0 Å². The van der Waals surface area contributed by atoms with E-state index in [2.05, 4.69) is 15.1 Å². The number of carbonyl (C=O) groups excluding carboxylic acids is 1. The SMILES string of the molecule is COc1ccc(-n2ccc(CNC(=O)c3ccc(NS(=O)(=O)c4cccs4)cc3)n2)cc1. The molecule has 164 valence electrons. The van der Waals surface area contributed by atoms with Gasteiger partial charge in [-0.25, -0.2) is 13.1 Å². The summed E-state index contributed by atoms with van der Waals surface area (Å²) in [5.41, 5.74) is 2.38. The monoisotopic (exact) mass is 468 g/mol. The lowest BCUT2D eigenvalue weighted by molar-refractivity contribution is 0.0950. The Kier molecular flexibility index (Phi) is 6.24. The van der Waals surface area contributed by atoms with Gasteiger partial charge in [-0.05, 0) is 66.0 Å². The van der Waals surface area contributed by atoms with Gasteiger partial charge in [0.1, 0.15) is 9.96 Å². The maximum Gasteiger partial charge on any atom is 0.271 e. The molecule has 0 saturated heterocycles. The van der Waals surface area contributed by atoms with Crippen LogP contribution in [-0.4, -0.2) is 31.2 Å². The van der Waals surface area contributed by atoms with Crippen molar-refractivity contribution in [1.29, 1.82) is 0 Å². The summed E-state index contributed by atoms with van der Waals surface area (Å²) in [5, 5.41) is 8.98. The van der Waals surface area contributed by atoms with Crippen molar-refractivity contribution < 1.29 is 17.9 Å².